The molecular formula is C15H17N3O4S. The molecule has 2 aromatic rings. The normalized spacial score (nSPS) is 13.2. The number of carbonyl (C=O) groups excluding carboxylic acids is 1. The Morgan fingerprint density at radius 2 is 2.04 bits per heavy atom. The number of benzene rings is 1. The zero-order chi connectivity index (χ0) is 16.4. The predicted molar refractivity (Wildman–Crippen MR) is 84.5 cm³/mol. The lowest BCUT2D eigenvalue weighted by molar-refractivity contribution is -0.119. The SMILES string of the molecule is CC(C)(C)NC(=O)CSc1nnc(-c2ccc3c(c2)OCO3)o1. The molecule has 0 atom stereocenters. The largest absolute Gasteiger partial charge is 0.454 e. The van der Waals surface area contributed by atoms with Crippen molar-refractivity contribution in [1.29, 1.82) is 0 Å². The van der Waals surface area contributed by atoms with Gasteiger partial charge in [-0.15, -0.1) is 10.2 Å². The van der Waals surface area contributed by atoms with Crippen molar-refractivity contribution in [1.82, 2.24) is 15.5 Å². The number of rotatable bonds is 4. The molecule has 1 aromatic heterocycles. The van der Waals surface area contributed by atoms with Crippen LogP contribution in [0.25, 0.3) is 11.5 Å². The van der Waals surface area contributed by atoms with E-state index in [-0.39, 0.29) is 24.0 Å². The second-order valence-electron chi connectivity index (χ2n) is 6.03. The van der Waals surface area contributed by atoms with Crippen LogP contribution in [0.2, 0.25) is 0 Å². The van der Waals surface area contributed by atoms with E-state index in [1.807, 2.05) is 26.8 Å². The van der Waals surface area contributed by atoms with Crippen LogP contribution in [0.1, 0.15) is 20.8 Å². The minimum absolute atomic E-state index is 0.0784. The highest BCUT2D eigenvalue weighted by Gasteiger charge is 2.18. The van der Waals surface area contributed by atoms with Gasteiger partial charge in [0.05, 0.1) is 5.75 Å². The van der Waals surface area contributed by atoms with Gasteiger partial charge in [0.1, 0.15) is 0 Å². The van der Waals surface area contributed by atoms with Gasteiger partial charge in [0, 0.05) is 11.1 Å². The van der Waals surface area contributed by atoms with E-state index in [0.717, 1.165) is 5.56 Å². The Balaban J connectivity index is 1.63. The molecule has 0 spiro atoms. The van der Waals surface area contributed by atoms with E-state index in [1.165, 1.54) is 11.8 Å². The summed E-state index contributed by atoms with van der Waals surface area (Å²) >= 11 is 1.20. The van der Waals surface area contributed by atoms with Gasteiger partial charge in [-0.1, -0.05) is 11.8 Å². The van der Waals surface area contributed by atoms with Gasteiger partial charge < -0.3 is 19.2 Å². The lowest BCUT2D eigenvalue weighted by Gasteiger charge is -2.19. The van der Waals surface area contributed by atoms with Crippen LogP contribution >= 0.6 is 11.8 Å². The highest BCUT2D eigenvalue weighted by atomic mass is 32.2. The molecule has 0 bridgehead atoms. The molecule has 0 unspecified atom stereocenters. The number of ether oxygens (including phenoxy) is 2. The van der Waals surface area contributed by atoms with E-state index in [1.54, 1.807) is 12.1 Å². The third-order valence-corrected chi connectivity index (χ3v) is 3.69. The van der Waals surface area contributed by atoms with Gasteiger partial charge in [-0.2, -0.15) is 0 Å². The van der Waals surface area contributed by atoms with Gasteiger partial charge in [0.2, 0.25) is 18.6 Å². The topological polar surface area (TPSA) is 86.5 Å². The molecule has 7 nitrogen and oxygen atoms in total. The van der Waals surface area contributed by atoms with Gasteiger partial charge in [0.15, 0.2) is 11.5 Å². The zero-order valence-electron chi connectivity index (χ0n) is 13.1. The molecule has 3 rings (SSSR count). The summed E-state index contributed by atoms with van der Waals surface area (Å²) in [5.41, 5.74) is 0.483. The summed E-state index contributed by atoms with van der Waals surface area (Å²) in [6.45, 7) is 6.01. The molecule has 1 aromatic carbocycles. The molecule has 0 saturated heterocycles. The lowest BCUT2D eigenvalue weighted by atomic mass is 10.1. The van der Waals surface area contributed by atoms with Gasteiger partial charge in [0.25, 0.3) is 5.22 Å². The molecule has 1 aliphatic rings. The van der Waals surface area contributed by atoms with E-state index in [0.29, 0.717) is 22.6 Å². The Bertz CT molecular complexity index is 724. The second kappa shape index (κ2) is 6.11. The Morgan fingerprint density at radius 1 is 1.26 bits per heavy atom. The fourth-order valence-corrected chi connectivity index (χ4v) is 2.56. The summed E-state index contributed by atoms with van der Waals surface area (Å²) in [6, 6.07) is 5.41. The molecule has 8 heteroatoms. The smallest absolute Gasteiger partial charge is 0.277 e. The summed E-state index contributed by atoms with van der Waals surface area (Å²) in [5, 5.41) is 11.2. The second-order valence-corrected chi connectivity index (χ2v) is 6.95. The lowest BCUT2D eigenvalue weighted by Crippen LogP contribution is -2.41. The standard InChI is InChI=1S/C15H17N3O4S/c1-15(2,3)16-12(19)7-23-14-18-17-13(22-14)9-4-5-10-11(6-9)21-8-20-10/h4-6H,7-8H2,1-3H3,(H,16,19). The van der Waals surface area contributed by atoms with Crippen LogP contribution in [-0.2, 0) is 4.79 Å². The highest BCUT2D eigenvalue weighted by Crippen LogP contribution is 2.35. The number of thioether (sulfide) groups is 1. The number of aromatic nitrogens is 2. The average Bonchev–Trinajstić information content (AvgIpc) is 3.11. The quantitative estimate of drug-likeness (QED) is 0.859. The minimum Gasteiger partial charge on any atom is -0.454 e. The van der Waals surface area contributed by atoms with Crippen LogP contribution in [-0.4, -0.2) is 34.2 Å². The Morgan fingerprint density at radius 3 is 2.83 bits per heavy atom. The van der Waals surface area contributed by atoms with Crippen molar-refractivity contribution in [3.8, 4) is 23.0 Å². The number of fused-ring (bicyclic) bond motifs is 1. The maximum absolute atomic E-state index is 11.8. The molecule has 122 valence electrons. The number of carbonyl (C=O) groups is 1. The molecular weight excluding hydrogens is 318 g/mol. The van der Waals surface area contributed by atoms with E-state index in [4.69, 9.17) is 13.9 Å². The van der Waals surface area contributed by atoms with Crippen LogP contribution in [0.3, 0.4) is 0 Å². The molecule has 0 saturated carbocycles. The Kier molecular flexibility index (Phi) is 4.16. The Hall–Kier alpha value is -2.22. The van der Waals surface area contributed by atoms with Crippen molar-refractivity contribution in [2.75, 3.05) is 12.5 Å². The first-order valence-corrected chi connectivity index (χ1v) is 8.07. The average molecular weight is 335 g/mol. The Labute approximate surface area is 137 Å². The number of nitrogens with one attached hydrogen (secondary N) is 1. The monoisotopic (exact) mass is 335 g/mol. The first-order valence-electron chi connectivity index (χ1n) is 7.08. The molecule has 1 N–H and O–H groups in total. The van der Waals surface area contributed by atoms with Crippen molar-refractivity contribution in [3.05, 3.63) is 18.2 Å². The van der Waals surface area contributed by atoms with Crippen LogP contribution < -0.4 is 14.8 Å². The van der Waals surface area contributed by atoms with E-state index >= 15 is 0 Å². The third-order valence-electron chi connectivity index (χ3n) is 2.87. The molecule has 1 amide bonds. The first kappa shape index (κ1) is 15.7. The van der Waals surface area contributed by atoms with Crippen molar-refractivity contribution >= 4 is 17.7 Å². The zero-order valence-corrected chi connectivity index (χ0v) is 13.9. The summed E-state index contributed by atoms with van der Waals surface area (Å²) < 4.78 is 16.2. The van der Waals surface area contributed by atoms with Crippen molar-refractivity contribution in [3.63, 3.8) is 0 Å². The summed E-state index contributed by atoms with van der Waals surface area (Å²) in [4.78, 5) is 11.8. The van der Waals surface area contributed by atoms with Crippen LogP contribution in [0.15, 0.2) is 27.8 Å². The predicted octanol–water partition coefficient (Wildman–Crippen LogP) is 2.47. The minimum atomic E-state index is -0.260. The van der Waals surface area contributed by atoms with Crippen molar-refractivity contribution in [2.45, 2.75) is 31.5 Å². The van der Waals surface area contributed by atoms with Crippen molar-refractivity contribution < 1.29 is 18.7 Å². The summed E-state index contributed by atoms with van der Waals surface area (Å²) in [7, 11) is 0. The number of hydrogen-bond donors (Lipinski definition) is 1. The fourth-order valence-electron chi connectivity index (χ4n) is 2.00. The van der Waals surface area contributed by atoms with Gasteiger partial charge in [-0.05, 0) is 39.0 Å². The number of amides is 1. The molecule has 0 aliphatic carbocycles. The highest BCUT2D eigenvalue weighted by molar-refractivity contribution is 7.99. The molecule has 1 aliphatic heterocycles. The van der Waals surface area contributed by atoms with Gasteiger partial charge in [-0.25, -0.2) is 0 Å². The van der Waals surface area contributed by atoms with E-state index in [2.05, 4.69) is 15.5 Å². The molecule has 0 fully saturated rings. The summed E-state index contributed by atoms with van der Waals surface area (Å²) in [5.74, 6) is 1.87. The maximum Gasteiger partial charge on any atom is 0.277 e. The molecule has 2 heterocycles. The third kappa shape index (κ3) is 3.95. The fraction of sp³-hybridized carbons (Fsp3) is 0.400. The van der Waals surface area contributed by atoms with Gasteiger partial charge >= 0.3 is 0 Å². The molecule has 0 radical (unpaired) electrons. The van der Waals surface area contributed by atoms with Gasteiger partial charge in [-0.3, -0.25) is 4.79 Å². The maximum atomic E-state index is 11.8. The van der Waals surface area contributed by atoms with Crippen LogP contribution in [0.4, 0.5) is 0 Å². The first-order chi connectivity index (χ1) is 10.9. The van der Waals surface area contributed by atoms with E-state index < -0.39 is 0 Å². The number of hydrogen-bond acceptors (Lipinski definition) is 7. The molecule has 23 heavy (non-hydrogen) atoms. The summed E-state index contributed by atoms with van der Waals surface area (Å²) in [6.07, 6.45) is 0. The van der Waals surface area contributed by atoms with Crippen LogP contribution in [0, 0.1) is 0 Å². The van der Waals surface area contributed by atoms with E-state index in [9.17, 15) is 4.79 Å². The number of nitrogens with zero attached hydrogens (tertiary/aromatic N) is 2. The van der Waals surface area contributed by atoms with Crippen LogP contribution in [0.5, 0.6) is 11.5 Å². The van der Waals surface area contributed by atoms with Crippen molar-refractivity contribution in [2.24, 2.45) is 0 Å².